The third kappa shape index (κ3) is 5.10. The van der Waals surface area contributed by atoms with E-state index in [9.17, 15) is 18.3 Å². The van der Waals surface area contributed by atoms with Gasteiger partial charge in [-0.05, 0) is 31.0 Å². The Morgan fingerprint density at radius 3 is 2.33 bits per heavy atom. The molecule has 2 N–H and O–H groups in total. The second-order valence-corrected chi connectivity index (χ2v) is 8.65. The molecule has 8 nitrogen and oxygen atoms in total. The van der Waals surface area contributed by atoms with Crippen molar-refractivity contribution in [3.63, 3.8) is 0 Å². The maximum atomic E-state index is 13.1. The van der Waals surface area contributed by atoms with E-state index in [1.165, 1.54) is 33.3 Å². The molecule has 0 amide bonds. The zero-order chi connectivity index (χ0) is 22.6. The van der Waals surface area contributed by atoms with Crippen LogP contribution in [0.3, 0.4) is 0 Å². The molecule has 2 aromatic carbocycles. The van der Waals surface area contributed by atoms with Gasteiger partial charge < -0.3 is 19.3 Å². The van der Waals surface area contributed by atoms with E-state index in [0.717, 1.165) is 0 Å². The van der Waals surface area contributed by atoms with E-state index < -0.39 is 16.0 Å². The fourth-order valence-electron chi connectivity index (χ4n) is 2.66. The third-order valence-electron chi connectivity index (χ3n) is 4.18. The predicted molar refractivity (Wildman–Crippen MR) is 114 cm³/mol. The number of carboxylic acid groups (broad SMARTS) is 1. The lowest BCUT2D eigenvalue weighted by atomic mass is 10.1. The molecular weight excluding hydrogens is 457 g/mol. The van der Waals surface area contributed by atoms with Gasteiger partial charge in [-0.15, -0.1) is 0 Å². The number of hydrogen-bond donors (Lipinski definition) is 2. The molecular formula is C19H21Cl2NO7S. The zero-order valence-electron chi connectivity index (χ0n) is 16.7. The number of sulfonamides is 1. The SMILES string of the molecule is COCCOc1cc(NS(=O)(=O)c2c(C)c(Cl)cc(C)c2Cl)c(C(=O)O)cc1OC. The van der Waals surface area contributed by atoms with E-state index in [1.54, 1.807) is 13.0 Å². The fraction of sp³-hybridized carbons (Fsp3) is 0.316. The van der Waals surface area contributed by atoms with E-state index >= 15 is 0 Å². The summed E-state index contributed by atoms with van der Waals surface area (Å²) in [7, 11) is -1.46. The van der Waals surface area contributed by atoms with Crippen molar-refractivity contribution in [2.24, 2.45) is 0 Å². The Kier molecular flexibility index (Phi) is 7.81. The van der Waals surface area contributed by atoms with Gasteiger partial charge >= 0.3 is 5.97 Å². The summed E-state index contributed by atoms with van der Waals surface area (Å²) in [4.78, 5) is 11.5. The van der Waals surface area contributed by atoms with Crippen LogP contribution in [0.2, 0.25) is 10.0 Å². The highest BCUT2D eigenvalue weighted by Crippen LogP contribution is 2.37. The minimum absolute atomic E-state index is 0.00800. The molecule has 2 aromatic rings. The van der Waals surface area contributed by atoms with Crippen molar-refractivity contribution in [1.82, 2.24) is 0 Å². The monoisotopic (exact) mass is 477 g/mol. The number of carbonyl (C=O) groups is 1. The Morgan fingerprint density at radius 2 is 1.77 bits per heavy atom. The van der Waals surface area contributed by atoms with Crippen LogP contribution in [-0.2, 0) is 14.8 Å². The molecule has 0 atom stereocenters. The number of hydrogen-bond acceptors (Lipinski definition) is 6. The molecule has 30 heavy (non-hydrogen) atoms. The molecule has 164 valence electrons. The summed E-state index contributed by atoms with van der Waals surface area (Å²) in [5, 5.41) is 9.77. The van der Waals surface area contributed by atoms with E-state index in [0.29, 0.717) is 5.56 Å². The lowest BCUT2D eigenvalue weighted by Crippen LogP contribution is -2.18. The van der Waals surface area contributed by atoms with Crippen molar-refractivity contribution in [3.8, 4) is 11.5 Å². The van der Waals surface area contributed by atoms with Gasteiger partial charge in [0.2, 0.25) is 0 Å². The first kappa shape index (κ1) is 24.1. The first-order chi connectivity index (χ1) is 14.0. The number of aryl methyl sites for hydroxylation is 1. The van der Waals surface area contributed by atoms with Crippen molar-refractivity contribution in [3.05, 3.63) is 44.9 Å². The Hall–Kier alpha value is -2.20. The zero-order valence-corrected chi connectivity index (χ0v) is 19.0. The molecule has 0 bridgehead atoms. The van der Waals surface area contributed by atoms with Crippen LogP contribution in [0.1, 0.15) is 21.5 Å². The molecule has 0 radical (unpaired) electrons. The molecule has 0 fully saturated rings. The molecule has 2 rings (SSSR count). The van der Waals surface area contributed by atoms with Crippen molar-refractivity contribution >= 4 is 44.9 Å². The molecule has 0 aliphatic carbocycles. The third-order valence-corrected chi connectivity index (χ3v) is 6.71. The summed E-state index contributed by atoms with van der Waals surface area (Å²) in [5.74, 6) is -1.10. The van der Waals surface area contributed by atoms with Crippen LogP contribution in [0.15, 0.2) is 23.1 Å². The number of carboxylic acids is 1. The van der Waals surface area contributed by atoms with Gasteiger partial charge in [0.1, 0.15) is 11.5 Å². The number of ether oxygens (including phenoxy) is 3. The Balaban J connectivity index is 2.60. The largest absolute Gasteiger partial charge is 0.493 e. The van der Waals surface area contributed by atoms with Crippen LogP contribution in [-0.4, -0.2) is 46.9 Å². The first-order valence-electron chi connectivity index (χ1n) is 8.58. The fourth-order valence-corrected chi connectivity index (χ4v) is 4.94. The predicted octanol–water partition coefficient (Wildman–Crippen LogP) is 4.14. The van der Waals surface area contributed by atoms with E-state index in [4.69, 9.17) is 37.4 Å². The molecule has 11 heteroatoms. The molecule has 0 saturated heterocycles. The van der Waals surface area contributed by atoms with Gasteiger partial charge in [0, 0.05) is 24.3 Å². The number of aromatic carboxylic acids is 1. The lowest BCUT2D eigenvalue weighted by Gasteiger charge is -2.18. The molecule has 0 aliphatic heterocycles. The number of methoxy groups -OCH3 is 2. The highest BCUT2D eigenvalue weighted by Gasteiger charge is 2.27. The Bertz CT molecular complexity index is 1050. The molecule has 0 unspecified atom stereocenters. The average Bonchev–Trinajstić information content (AvgIpc) is 2.66. The normalized spacial score (nSPS) is 11.3. The lowest BCUT2D eigenvalue weighted by molar-refractivity contribution is 0.0697. The van der Waals surface area contributed by atoms with Gasteiger partial charge in [0.25, 0.3) is 10.0 Å². The molecule has 0 spiro atoms. The summed E-state index contributed by atoms with van der Waals surface area (Å²) in [6.07, 6.45) is 0. The molecule has 0 saturated carbocycles. The van der Waals surface area contributed by atoms with Crippen molar-refractivity contribution in [2.45, 2.75) is 18.7 Å². The van der Waals surface area contributed by atoms with Gasteiger partial charge in [0.15, 0.2) is 11.5 Å². The highest BCUT2D eigenvalue weighted by molar-refractivity contribution is 7.93. The molecule has 0 heterocycles. The quantitative estimate of drug-likeness (QED) is 0.521. The van der Waals surface area contributed by atoms with Gasteiger partial charge in [-0.1, -0.05) is 23.2 Å². The van der Waals surface area contributed by atoms with Crippen LogP contribution < -0.4 is 14.2 Å². The van der Waals surface area contributed by atoms with Crippen molar-refractivity contribution in [1.29, 1.82) is 0 Å². The second kappa shape index (κ2) is 9.74. The molecule has 0 aliphatic rings. The number of nitrogens with one attached hydrogen (secondary N) is 1. The van der Waals surface area contributed by atoms with E-state index in [1.807, 2.05) is 0 Å². The average molecular weight is 478 g/mol. The summed E-state index contributed by atoms with van der Waals surface area (Å²) in [5.41, 5.74) is 0.150. The molecule has 0 aromatic heterocycles. The summed E-state index contributed by atoms with van der Waals surface area (Å²) < 4.78 is 44.1. The minimum atomic E-state index is -4.29. The van der Waals surface area contributed by atoms with Crippen LogP contribution in [0, 0.1) is 13.8 Å². The summed E-state index contributed by atoms with van der Waals surface area (Å²) >= 11 is 12.4. The first-order valence-corrected chi connectivity index (χ1v) is 10.8. The van der Waals surface area contributed by atoms with E-state index in [-0.39, 0.29) is 56.5 Å². The second-order valence-electron chi connectivity index (χ2n) is 6.24. The van der Waals surface area contributed by atoms with Gasteiger partial charge in [-0.3, -0.25) is 4.72 Å². The summed E-state index contributed by atoms with van der Waals surface area (Å²) in [6.45, 7) is 3.53. The van der Waals surface area contributed by atoms with E-state index in [2.05, 4.69) is 4.72 Å². The summed E-state index contributed by atoms with van der Waals surface area (Å²) in [6, 6.07) is 3.95. The smallest absolute Gasteiger partial charge is 0.337 e. The Labute approximate surface area is 184 Å². The van der Waals surface area contributed by atoms with Crippen LogP contribution in [0.25, 0.3) is 0 Å². The van der Waals surface area contributed by atoms with Crippen LogP contribution in [0.5, 0.6) is 11.5 Å². The Morgan fingerprint density at radius 1 is 1.10 bits per heavy atom. The maximum Gasteiger partial charge on any atom is 0.337 e. The standard InChI is InChI=1S/C19H21Cl2NO7S/c1-10-7-13(20)11(2)18(17(10)21)30(25,26)22-14-9-16(29-6-5-27-3)15(28-4)8-12(14)19(23)24/h7-9,22H,5-6H2,1-4H3,(H,23,24). The topological polar surface area (TPSA) is 111 Å². The van der Waals surface area contributed by atoms with Crippen molar-refractivity contribution in [2.75, 3.05) is 32.2 Å². The van der Waals surface area contributed by atoms with Crippen molar-refractivity contribution < 1.29 is 32.5 Å². The van der Waals surface area contributed by atoms with Gasteiger partial charge in [0.05, 0.1) is 30.0 Å². The highest BCUT2D eigenvalue weighted by atomic mass is 35.5. The maximum absolute atomic E-state index is 13.1. The van der Waals surface area contributed by atoms with Crippen LogP contribution in [0.4, 0.5) is 5.69 Å². The van der Waals surface area contributed by atoms with Crippen LogP contribution >= 0.6 is 23.2 Å². The number of anilines is 1. The van der Waals surface area contributed by atoms with Gasteiger partial charge in [-0.25, -0.2) is 13.2 Å². The minimum Gasteiger partial charge on any atom is -0.493 e. The number of benzene rings is 2. The van der Waals surface area contributed by atoms with Gasteiger partial charge in [-0.2, -0.15) is 0 Å². The number of halogens is 2. The number of rotatable bonds is 9.